The summed E-state index contributed by atoms with van der Waals surface area (Å²) in [6, 6.07) is 7.26. The molecule has 1 N–H and O–H groups in total. The minimum Gasteiger partial charge on any atom is -0.376 e. The first-order valence-electron chi connectivity index (χ1n) is 8.27. The predicted molar refractivity (Wildman–Crippen MR) is 89.0 cm³/mol. The molecule has 2 aromatic rings. The number of ether oxygens (including phenoxy) is 1. The van der Waals surface area contributed by atoms with E-state index in [1.54, 1.807) is 9.58 Å². The van der Waals surface area contributed by atoms with Crippen LogP contribution in [0.5, 0.6) is 0 Å². The highest BCUT2D eigenvalue weighted by molar-refractivity contribution is 5.89. The SMILES string of the molecule is CCN(C[C@H]1CCCCO1)C(=O)Nc1ccc(-n2cnnn2)cc1. The van der Waals surface area contributed by atoms with Crippen molar-refractivity contribution in [3.8, 4) is 5.69 Å². The molecule has 1 aliphatic heterocycles. The van der Waals surface area contributed by atoms with Gasteiger partial charge in [-0.15, -0.1) is 5.10 Å². The molecule has 1 atom stereocenters. The highest BCUT2D eigenvalue weighted by Gasteiger charge is 2.20. The molecular formula is C16H22N6O2. The van der Waals surface area contributed by atoms with Crippen molar-refractivity contribution in [1.29, 1.82) is 0 Å². The number of anilines is 1. The van der Waals surface area contributed by atoms with Gasteiger partial charge in [0.25, 0.3) is 0 Å². The number of aromatic nitrogens is 4. The van der Waals surface area contributed by atoms with Crippen molar-refractivity contribution < 1.29 is 9.53 Å². The van der Waals surface area contributed by atoms with E-state index in [2.05, 4.69) is 20.8 Å². The first-order valence-corrected chi connectivity index (χ1v) is 8.27. The molecule has 0 aliphatic carbocycles. The topological polar surface area (TPSA) is 85.2 Å². The van der Waals surface area contributed by atoms with Gasteiger partial charge in [-0.25, -0.2) is 9.48 Å². The highest BCUT2D eigenvalue weighted by atomic mass is 16.5. The number of hydrogen-bond donors (Lipinski definition) is 1. The van der Waals surface area contributed by atoms with E-state index in [-0.39, 0.29) is 12.1 Å². The Labute approximate surface area is 140 Å². The van der Waals surface area contributed by atoms with E-state index < -0.39 is 0 Å². The van der Waals surface area contributed by atoms with Gasteiger partial charge in [-0.3, -0.25) is 0 Å². The summed E-state index contributed by atoms with van der Waals surface area (Å²) >= 11 is 0. The summed E-state index contributed by atoms with van der Waals surface area (Å²) in [5.74, 6) is 0. The second-order valence-corrected chi connectivity index (χ2v) is 5.76. The minimum atomic E-state index is -0.109. The quantitative estimate of drug-likeness (QED) is 0.907. The van der Waals surface area contributed by atoms with Gasteiger partial charge in [0, 0.05) is 25.4 Å². The van der Waals surface area contributed by atoms with Crippen molar-refractivity contribution in [2.75, 3.05) is 25.0 Å². The van der Waals surface area contributed by atoms with Crippen LogP contribution in [0.3, 0.4) is 0 Å². The maximum atomic E-state index is 12.5. The average Bonchev–Trinajstić information content (AvgIpc) is 3.16. The molecule has 1 fully saturated rings. The first kappa shape index (κ1) is 16.4. The zero-order chi connectivity index (χ0) is 16.8. The normalized spacial score (nSPS) is 17.5. The third-order valence-electron chi connectivity index (χ3n) is 4.10. The number of amides is 2. The lowest BCUT2D eigenvalue weighted by Gasteiger charge is -2.29. The number of tetrazole rings is 1. The molecule has 2 amide bonds. The number of carbonyl (C=O) groups excluding carboxylic acids is 1. The third kappa shape index (κ3) is 4.08. The van der Waals surface area contributed by atoms with E-state index in [0.29, 0.717) is 13.1 Å². The van der Waals surface area contributed by atoms with E-state index in [0.717, 1.165) is 30.8 Å². The first-order chi connectivity index (χ1) is 11.8. The van der Waals surface area contributed by atoms with Gasteiger partial charge in [0.15, 0.2) is 0 Å². The van der Waals surface area contributed by atoms with Gasteiger partial charge < -0.3 is 15.0 Å². The fourth-order valence-electron chi connectivity index (χ4n) is 2.73. The fourth-order valence-corrected chi connectivity index (χ4v) is 2.73. The monoisotopic (exact) mass is 330 g/mol. The Morgan fingerprint density at radius 2 is 2.21 bits per heavy atom. The number of nitrogens with one attached hydrogen (secondary N) is 1. The van der Waals surface area contributed by atoms with Gasteiger partial charge in [0.1, 0.15) is 6.33 Å². The lowest BCUT2D eigenvalue weighted by Crippen LogP contribution is -2.41. The molecule has 24 heavy (non-hydrogen) atoms. The van der Waals surface area contributed by atoms with Gasteiger partial charge in [-0.05, 0) is 60.9 Å². The van der Waals surface area contributed by atoms with Crippen LogP contribution in [0.1, 0.15) is 26.2 Å². The van der Waals surface area contributed by atoms with Crippen LogP contribution >= 0.6 is 0 Å². The fraction of sp³-hybridized carbons (Fsp3) is 0.500. The Bertz CT molecular complexity index is 637. The number of carbonyl (C=O) groups is 1. The van der Waals surface area contributed by atoms with Crippen molar-refractivity contribution in [3.63, 3.8) is 0 Å². The summed E-state index contributed by atoms with van der Waals surface area (Å²) in [6.07, 6.45) is 4.97. The molecule has 128 valence electrons. The van der Waals surface area contributed by atoms with Crippen LogP contribution < -0.4 is 5.32 Å². The van der Waals surface area contributed by atoms with E-state index in [4.69, 9.17) is 4.74 Å². The molecule has 0 radical (unpaired) electrons. The van der Waals surface area contributed by atoms with Gasteiger partial charge in [0.2, 0.25) is 0 Å². The van der Waals surface area contributed by atoms with Crippen molar-refractivity contribution in [1.82, 2.24) is 25.1 Å². The largest absolute Gasteiger partial charge is 0.376 e. The molecule has 0 spiro atoms. The van der Waals surface area contributed by atoms with Gasteiger partial charge in [0.05, 0.1) is 11.8 Å². The van der Waals surface area contributed by atoms with Crippen molar-refractivity contribution >= 4 is 11.7 Å². The number of rotatable bonds is 5. The lowest BCUT2D eigenvalue weighted by molar-refractivity contribution is 0.00221. The summed E-state index contributed by atoms with van der Waals surface area (Å²) < 4.78 is 7.28. The Morgan fingerprint density at radius 1 is 1.38 bits per heavy atom. The molecule has 0 unspecified atom stereocenters. The Hall–Kier alpha value is -2.48. The van der Waals surface area contributed by atoms with Crippen LogP contribution in [0.2, 0.25) is 0 Å². The zero-order valence-corrected chi connectivity index (χ0v) is 13.8. The van der Waals surface area contributed by atoms with Crippen LogP contribution in [0.25, 0.3) is 5.69 Å². The Morgan fingerprint density at radius 3 is 2.83 bits per heavy atom. The van der Waals surface area contributed by atoms with Crippen LogP contribution in [-0.4, -0.2) is 56.9 Å². The molecule has 8 heteroatoms. The van der Waals surface area contributed by atoms with Crippen LogP contribution in [0.15, 0.2) is 30.6 Å². The molecule has 1 aromatic carbocycles. The molecule has 0 saturated carbocycles. The van der Waals surface area contributed by atoms with Crippen molar-refractivity contribution in [2.24, 2.45) is 0 Å². The third-order valence-corrected chi connectivity index (χ3v) is 4.10. The molecule has 1 aromatic heterocycles. The van der Waals surface area contributed by atoms with Gasteiger partial charge in [-0.2, -0.15) is 0 Å². The maximum absolute atomic E-state index is 12.5. The highest BCUT2D eigenvalue weighted by Crippen LogP contribution is 2.16. The van der Waals surface area contributed by atoms with Crippen LogP contribution in [-0.2, 0) is 4.74 Å². The zero-order valence-electron chi connectivity index (χ0n) is 13.8. The molecule has 0 bridgehead atoms. The second kappa shape index (κ2) is 7.87. The summed E-state index contributed by atoms with van der Waals surface area (Å²) in [5.41, 5.74) is 1.57. The van der Waals surface area contributed by atoms with E-state index in [1.807, 2.05) is 31.2 Å². The average molecular weight is 330 g/mol. The van der Waals surface area contributed by atoms with E-state index >= 15 is 0 Å². The maximum Gasteiger partial charge on any atom is 0.321 e. The Balaban J connectivity index is 1.58. The number of benzene rings is 1. The van der Waals surface area contributed by atoms with Crippen LogP contribution in [0.4, 0.5) is 10.5 Å². The van der Waals surface area contributed by atoms with E-state index in [1.165, 1.54) is 12.7 Å². The molecule has 3 rings (SSSR count). The van der Waals surface area contributed by atoms with E-state index in [9.17, 15) is 4.79 Å². The molecular weight excluding hydrogens is 308 g/mol. The number of urea groups is 1. The molecule has 2 heterocycles. The molecule has 8 nitrogen and oxygen atoms in total. The van der Waals surface area contributed by atoms with Gasteiger partial charge >= 0.3 is 6.03 Å². The van der Waals surface area contributed by atoms with Gasteiger partial charge in [-0.1, -0.05) is 0 Å². The van der Waals surface area contributed by atoms with Crippen molar-refractivity contribution in [3.05, 3.63) is 30.6 Å². The Kier molecular flexibility index (Phi) is 5.37. The number of likely N-dealkylation sites (N-methyl/N-ethyl adjacent to an activating group) is 1. The van der Waals surface area contributed by atoms with Crippen LogP contribution in [0, 0.1) is 0 Å². The molecule has 1 saturated heterocycles. The number of nitrogens with zero attached hydrogens (tertiary/aromatic N) is 5. The summed E-state index contributed by atoms with van der Waals surface area (Å²) in [7, 11) is 0. The minimum absolute atomic E-state index is 0.109. The summed E-state index contributed by atoms with van der Waals surface area (Å²) in [6.45, 7) is 4.05. The molecule has 1 aliphatic rings. The lowest BCUT2D eigenvalue weighted by atomic mass is 10.1. The van der Waals surface area contributed by atoms with Crippen molar-refractivity contribution in [2.45, 2.75) is 32.3 Å². The summed E-state index contributed by atoms with van der Waals surface area (Å²) in [4.78, 5) is 14.2. The smallest absolute Gasteiger partial charge is 0.321 e. The summed E-state index contributed by atoms with van der Waals surface area (Å²) in [5, 5.41) is 14.0. The number of hydrogen-bond acceptors (Lipinski definition) is 5. The standard InChI is InChI=1S/C16H22N6O2/c1-2-21(11-15-5-3-4-10-24-15)16(23)18-13-6-8-14(9-7-13)22-12-17-19-20-22/h6-9,12,15H,2-5,10-11H2,1H3,(H,18,23)/t15-/m1/s1. The predicted octanol–water partition coefficient (Wildman–Crippen LogP) is 2.09. The second-order valence-electron chi connectivity index (χ2n) is 5.76.